The summed E-state index contributed by atoms with van der Waals surface area (Å²) in [5.74, 6) is -0.399. The first-order chi connectivity index (χ1) is 11.1. The van der Waals surface area contributed by atoms with E-state index in [4.69, 9.17) is 4.74 Å². The molecular weight excluding hydrogens is 298 g/mol. The molecule has 2 heterocycles. The van der Waals surface area contributed by atoms with E-state index < -0.39 is 6.04 Å². The summed E-state index contributed by atoms with van der Waals surface area (Å²) in [5.41, 5.74) is 0.820. The fourth-order valence-corrected chi connectivity index (χ4v) is 2.75. The van der Waals surface area contributed by atoms with E-state index >= 15 is 0 Å². The van der Waals surface area contributed by atoms with E-state index in [0.717, 1.165) is 5.69 Å². The number of carbonyl (C=O) groups excluding carboxylic acids is 3. The lowest BCUT2D eigenvalue weighted by Crippen LogP contribution is -2.52. The van der Waals surface area contributed by atoms with E-state index in [0.29, 0.717) is 25.9 Å². The van der Waals surface area contributed by atoms with Crippen molar-refractivity contribution in [2.75, 3.05) is 24.6 Å². The van der Waals surface area contributed by atoms with Crippen LogP contribution in [-0.4, -0.2) is 49.6 Å². The number of hydrogen-bond acceptors (Lipinski definition) is 4. The fourth-order valence-electron chi connectivity index (χ4n) is 2.75. The van der Waals surface area contributed by atoms with Gasteiger partial charge in [0.15, 0.2) is 0 Å². The first-order valence-corrected chi connectivity index (χ1v) is 7.67. The molecule has 2 saturated heterocycles. The predicted molar refractivity (Wildman–Crippen MR) is 82.7 cm³/mol. The van der Waals surface area contributed by atoms with E-state index in [2.05, 4.69) is 10.6 Å². The second kappa shape index (κ2) is 6.78. The molecule has 0 saturated carbocycles. The molecule has 1 aromatic rings. The van der Waals surface area contributed by atoms with Gasteiger partial charge in [-0.1, -0.05) is 18.2 Å². The molecule has 0 aromatic heterocycles. The maximum atomic E-state index is 12.0. The van der Waals surface area contributed by atoms with Crippen molar-refractivity contribution in [2.24, 2.45) is 0 Å². The van der Waals surface area contributed by atoms with Gasteiger partial charge < -0.3 is 20.3 Å². The topological polar surface area (TPSA) is 87.7 Å². The molecule has 2 unspecified atom stereocenters. The van der Waals surface area contributed by atoms with Crippen LogP contribution < -0.4 is 15.5 Å². The Morgan fingerprint density at radius 1 is 1.30 bits per heavy atom. The summed E-state index contributed by atoms with van der Waals surface area (Å²) in [4.78, 5) is 36.8. The number of rotatable bonds is 4. The molecule has 0 bridgehead atoms. The Hall–Kier alpha value is -2.41. The SMILES string of the molecule is O=C1CCC(C(=O)NCC2CN(c3ccccc3)C(=O)CO2)N1. The van der Waals surface area contributed by atoms with Crippen LogP contribution in [0, 0.1) is 0 Å². The van der Waals surface area contributed by atoms with Gasteiger partial charge in [-0.25, -0.2) is 0 Å². The number of anilines is 1. The number of para-hydroxylation sites is 1. The van der Waals surface area contributed by atoms with Crippen LogP contribution in [0.15, 0.2) is 30.3 Å². The highest BCUT2D eigenvalue weighted by molar-refractivity contribution is 5.95. The average molecular weight is 317 g/mol. The first kappa shape index (κ1) is 15.5. The number of nitrogens with one attached hydrogen (secondary N) is 2. The van der Waals surface area contributed by atoms with Crippen molar-refractivity contribution in [3.05, 3.63) is 30.3 Å². The maximum Gasteiger partial charge on any atom is 0.253 e. The van der Waals surface area contributed by atoms with Gasteiger partial charge in [0.25, 0.3) is 5.91 Å². The zero-order valence-corrected chi connectivity index (χ0v) is 12.7. The lowest BCUT2D eigenvalue weighted by Gasteiger charge is -2.33. The first-order valence-electron chi connectivity index (χ1n) is 7.67. The molecule has 3 rings (SSSR count). The van der Waals surface area contributed by atoms with Crippen molar-refractivity contribution < 1.29 is 19.1 Å². The van der Waals surface area contributed by atoms with Crippen molar-refractivity contribution in [1.29, 1.82) is 0 Å². The van der Waals surface area contributed by atoms with Crippen molar-refractivity contribution in [3.63, 3.8) is 0 Å². The largest absolute Gasteiger partial charge is 0.365 e. The molecule has 0 aliphatic carbocycles. The number of amides is 3. The Labute approximate surface area is 134 Å². The van der Waals surface area contributed by atoms with Gasteiger partial charge in [0.1, 0.15) is 12.6 Å². The van der Waals surface area contributed by atoms with Crippen molar-refractivity contribution in [2.45, 2.75) is 25.0 Å². The predicted octanol–water partition coefficient (Wildman–Crippen LogP) is -0.187. The van der Waals surface area contributed by atoms with E-state index in [9.17, 15) is 14.4 Å². The van der Waals surface area contributed by atoms with Crippen LogP contribution in [0.4, 0.5) is 5.69 Å². The Morgan fingerprint density at radius 2 is 2.09 bits per heavy atom. The lowest BCUT2D eigenvalue weighted by molar-refractivity contribution is -0.130. The van der Waals surface area contributed by atoms with Gasteiger partial charge in [0.05, 0.1) is 12.6 Å². The molecular formula is C16H19N3O4. The minimum absolute atomic E-state index is 0.00437. The van der Waals surface area contributed by atoms with Crippen LogP contribution in [0.3, 0.4) is 0 Å². The summed E-state index contributed by atoms with van der Waals surface area (Å²) in [7, 11) is 0. The van der Waals surface area contributed by atoms with Gasteiger partial charge in [-0.15, -0.1) is 0 Å². The summed E-state index contributed by atoms with van der Waals surface area (Å²) >= 11 is 0. The molecule has 0 radical (unpaired) electrons. The summed E-state index contributed by atoms with van der Waals surface area (Å²) < 4.78 is 5.48. The smallest absolute Gasteiger partial charge is 0.253 e. The number of carbonyl (C=O) groups is 3. The second-order valence-electron chi connectivity index (χ2n) is 5.68. The maximum absolute atomic E-state index is 12.0. The second-order valence-corrected chi connectivity index (χ2v) is 5.68. The molecule has 122 valence electrons. The molecule has 2 aliphatic rings. The molecule has 0 spiro atoms. The molecule has 7 nitrogen and oxygen atoms in total. The monoisotopic (exact) mass is 317 g/mol. The Kier molecular flexibility index (Phi) is 4.57. The van der Waals surface area contributed by atoms with Gasteiger partial charge in [0, 0.05) is 18.7 Å². The molecule has 2 atom stereocenters. The van der Waals surface area contributed by atoms with Crippen molar-refractivity contribution >= 4 is 23.4 Å². The minimum Gasteiger partial charge on any atom is -0.365 e. The third-order valence-corrected chi connectivity index (χ3v) is 4.01. The number of benzene rings is 1. The van der Waals surface area contributed by atoms with Crippen LogP contribution in [0.25, 0.3) is 0 Å². The lowest BCUT2D eigenvalue weighted by atomic mass is 10.2. The molecule has 23 heavy (non-hydrogen) atoms. The molecule has 3 amide bonds. The van der Waals surface area contributed by atoms with Gasteiger partial charge >= 0.3 is 0 Å². The van der Waals surface area contributed by atoms with Gasteiger partial charge in [-0.05, 0) is 18.6 Å². The fraction of sp³-hybridized carbons (Fsp3) is 0.438. The summed E-state index contributed by atoms with van der Waals surface area (Å²) in [6, 6.07) is 8.91. The Bertz CT molecular complexity index is 605. The standard InChI is InChI=1S/C16H19N3O4/c20-14-7-6-13(18-14)16(22)17-8-12-9-19(15(21)10-23-12)11-4-2-1-3-5-11/h1-5,12-13H,6-10H2,(H,17,22)(H,18,20). The van der Waals surface area contributed by atoms with Crippen LogP contribution in [0.1, 0.15) is 12.8 Å². The third kappa shape index (κ3) is 3.68. The molecule has 7 heteroatoms. The van der Waals surface area contributed by atoms with Gasteiger partial charge in [0.2, 0.25) is 11.8 Å². The molecule has 1 aromatic carbocycles. The van der Waals surface area contributed by atoms with E-state index in [1.165, 1.54) is 0 Å². The normalized spacial score (nSPS) is 24.4. The molecule has 2 aliphatic heterocycles. The van der Waals surface area contributed by atoms with E-state index in [-0.39, 0.29) is 30.4 Å². The number of morpholine rings is 1. The van der Waals surface area contributed by atoms with Crippen molar-refractivity contribution in [1.82, 2.24) is 10.6 Å². The number of ether oxygens (including phenoxy) is 1. The van der Waals surface area contributed by atoms with Crippen LogP contribution in [-0.2, 0) is 19.1 Å². The highest BCUT2D eigenvalue weighted by Crippen LogP contribution is 2.18. The van der Waals surface area contributed by atoms with E-state index in [1.807, 2.05) is 30.3 Å². The average Bonchev–Trinajstić information content (AvgIpc) is 3.01. The Balaban J connectivity index is 1.54. The number of hydrogen-bond donors (Lipinski definition) is 2. The van der Waals surface area contributed by atoms with Gasteiger partial charge in [-0.3, -0.25) is 14.4 Å². The number of nitrogens with zero attached hydrogens (tertiary/aromatic N) is 1. The molecule has 2 fully saturated rings. The zero-order valence-electron chi connectivity index (χ0n) is 12.7. The van der Waals surface area contributed by atoms with E-state index in [1.54, 1.807) is 4.90 Å². The van der Waals surface area contributed by atoms with Crippen LogP contribution in [0.5, 0.6) is 0 Å². The van der Waals surface area contributed by atoms with Crippen molar-refractivity contribution in [3.8, 4) is 0 Å². The summed E-state index contributed by atoms with van der Waals surface area (Å²) in [5, 5.41) is 5.41. The quantitative estimate of drug-likeness (QED) is 0.806. The van der Waals surface area contributed by atoms with Gasteiger partial charge in [-0.2, -0.15) is 0 Å². The van der Waals surface area contributed by atoms with Crippen LogP contribution in [0.2, 0.25) is 0 Å². The summed E-state index contributed by atoms with van der Waals surface area (Å²) in [6.07, 6.45) is 0.632. The molecule has 2 N–H and O–H groups in total. The highest BCUT2D eigenvalue weighted by atomic mass is 16.5. The Morgan fingerprint density at radius 3 is 2.78 bits per heavy atom. The summed E-state index contributed by atoms with van der Waals surface area (Å²) in [6.45, 7) is 0.692. The minimum atomic E-state index is -0.460. The highest BCUT2D eigenvalue weighted by Gasteiger charge is 2.30. The zero-order chi connectivity index (χ0) is 16.2. The third-order valence-electron chi connectivity index (χ3n) is 4.01. The van der Waals surface area contributed by atoms with Crippen LogP contribution >= 0.6 is 0 Å².